The summed E-state index contributed by atoms with van der Waals surface area (Å²) in [6.45, 7) is 1.30. The van der Waals surface area contributed by atoms with Gasteiger partial charge in [0.2, 0.25) is 0 Å². The molecule has 1 fully saturated rings. The van der Waals surface area contributed by atoms with Crippen LogP contribution in [0.5, 0.6) is 0 Å². The van der Waals surface area contributed by atoms with E-state index in [4.69, 9.17) is 4.74 Å². The van der Waals surface area contributed by atoms with Crippen LogP contribution in [0.1, 0.15) is 12.8 Å². The van der Waals surface area contributed by atoms with Gasteiger partial charge in [0, 0.05) is 13.2 Å². The number of hydrogen-bond donors (Lipinski definition) is 2. The molecule has 4 rings (SSSR count). The minimum absolute atomic E-state index is 0.0943. The second-order valence-corrected chi connectivity index (χ2v) is 8.03. The molecule has 0 spiro atoms. The van der Waals surface area contributed by atoms with Gasteiger partial charge in [-0.3, -0.25) is 4.72 Å². The molecule has 0 radical (unpaired) electrons. The van der Waals surface area contributed by atoms with Crippen molar-refractivity contribution in [2.75, 3.05) is 23.2 Å². The molecule has 7 nitrogen and oxygen atoms in total. The van der Waals surface area contributed by atoms with Gasteiger partial charge in [-0.25, -0.2) is 18.4 Å². The fraction of sp³-hybridized carbons (Fsp3) is 0.263. The predicted octanol–water partition coefficient (Wildman–Crippen LogP) is 3.02. The van der Waals surface area contributed by atoms with Gasteiger partial charge in [-0.15, -0.1) is 0 Å². The molecule has 8 heteroatoms. The molecule has 27 heavy (non-hydrogen) atoms. The maximum atomic E-state index is 12.7. The largest absolute Gasteiger partial charge is 0.376 e. The summed E-state index contributed by atoms with van der Waals surface area (Å²) in [6.07, 6.45) is 2.10. The first-order valence-electron chi connectivity index (χ1n) is 8.82. The Bertz CT molecular complexity index is 1040. The number of para-hydroxylation sites is 2. The van der Waals surface area contributed by atoms with Crippen LogP contribution in [0, 0.1) is 0 Å². The Hall–Kier alpha value is -2.71. The van der Waals surface area contributed by atoms with Crippen LogP contribution >= 0.6 is 0 Å². The Morgan fingerprint density at radius 2 is 1.63 bits per heavy atom. The minimum atomic E-state index is -3.77. The highest BCUT2D eigenvalue weighted by Crippen LogP contribution is 2.25. The summed E-state index contributed by atoms with van der Waals surface area (Å²) in [5.74, 6) is 0.569. The van der Waals surface area contributed by atoms with Gasteiger partial charge in [-0.1, -0.05) is 30.3 Å². The molecule has 1 aliphatic heterocycles. The van der Waals surface area contributed by atoms with E-state index in [9.17, 15) is 8.42 Å². The van der Waals surface area contributed by atoms with Crippen molar-refractivity contribution in [3.8, 4) is 0 Å². The Kier molecular flexibility index (Phi) is 4.91. The standard InChI is InChI=1S/C19H20N4O3S/c24-27(25,15-8-2-1-3-9-15)23-19-18(20-13-14-7-6-12-26-14)21-16-10-4-5-11-17(16)22-19/h1-5,8-11,14H,6-7,12-13H2,(H,20,21)(H,22,23)/t14-/m0/s1. The quantitative estimate of drug-likeness (QED) is 0.679. The van der Waals surface area contributed by atoms with Crippen LogP contribution in [0.4, 0.5) is 11.6 Å². The normalized spacial score (nSPS) is 17.1. The Morgan fingerprint density at radius 1 is 0.963 bits per heavy atom. The molecule has 2 heterocycles. The molecule has 0 unspecified atom stereocenters. The van der Waals surface area contributed by atoms with E-state index < -0.39 is 10.0 Å². The van der Waals surface area contributed by atoms with E-state index in [0.717, 1.165) is 19.4 Å². The van der Waals surface area contributed by atoms with Crippen molar-refractivity contribution >= 4 is 32.7 Å². The van der Waals surface area contributed by atoms with E-state index in [1.807, 2.05) is 18.2 Å². The van der Waals surface area contributed by atoms with E-state index in [2.05, 4.69) is 20.0 Å². The molecule has 3 aromatic rings. The SMILES string of the molecule is O=S(=O)(Nc1nc2ccccc2nc1NC[C@@H]1CCCO1)c1ccccc1. The lowest BCUT2D eigenvalue weighted by atomic mass is 10.2. The molecule has 0 saturated carbocycles. The molecule has 2 N–H and O–H groups in total. The van der Waals surface area contributed by atoms with Crippen LogP contribution < -0.4 is 10.0 Å². The molecule has 0 bridgehead atoms. The van der Waals surface area contributed by atoms with Crippen LogP contribution in [0.3, 0.4) is 0 Å². The Labute approximate surface area is 157 Å². The fourth-order valence-corrected chi connectivity index (χ4v) is 4.03. The second-order valence-electron chi connectivity index (χ2n) is 6.34. The third-order valence-corrected chi connectivity index (χ3v) is 5.73. The topological polar surface area (TPSA) is 93.2 Å². The number of benzene rings is 2. The van der Waals surface area contributed by atoms with Crippen LogP contribution in [-0.2, 0) is 14.8 Å². The first kappa shape index (κ1) is 17.7. The zero-order valence-electron chi connectivity index (χ0n) is 14.6. The summed E-state index contributed by atoms with van der Waals surface area (Å²) in [7, 11) is -3.77. The van der Waals surface area contributed by atoms with E-state index >= 15 is 0 Å². The van der Waals surface area contributed by atoms with Gasteiger partial charge in [-0.2, -0.15) is 0 Å². The molecule has 1 aliphatic rings. The van der Waals surface area contributed by atoms with Crippen molar-refractivity contribution < 1.29 is 13.2 Å². The zero-order chi connectivity index (χ0) is 18.7. The van der Waals surface area contributed by atoms with E-state index in [-0.39, 0.29) is 16.8 Å². The lowest BCUT2D eigenvalue weighted by Crippen LogP contribution is -2.21. The van der Waals surface area contributed by atoms with Gasteiger partial charge >= 0.3 is 0 Å². The van der Waals surface area contributed by atoms with E-state index in [1.165, 1.54) is 12.1 Å². The number of aromatic nitrogens is 2. The highest BCUT2D eigenvalue weighted by atomic mass is 32.2. The number of sulfonamides is 1. The third-order valence-electron chi connectivity index (χ3n) is 4.38. The third kappa shape index (κ3) is 4.01. The maximum absolute atomic E-state index is 12.7. The number of hydrogen-bond acceptors (Lipinski definition) is 6. The smallest absolute Gasteiger partial charge is 0.263 e. The van der Waals surface area contributed by atoms with Crippen LogP contribution in [0.25, 0.3) is 11.0 Å². The first-order valence-corrected chi connectivity index (χ1v) is 10.3. The monoisotopic (exact) mass is 384 g/mol. The number of rotatable bonds is 6. The molecule has 1 saturated heterocycles. The number of nitrogens with zero attached hydrogens (tertiary/aromatic N) is 2. The lowest BCUT2D eigenvalue weighted by Gasteiger charge is -2.16. The summed E-state index contributed by atoms with van der Waals surface area (Å²) < 4.78 is 33.6. The van der Waals surface area contributed by atoms with Crippen molar-refractivity contribution in [2.24, 2.45) is 0 Å². The highest BCUT2D eigenvalue weighted by Gasteiger charge is 2.20. The average molecular weight is 384 g/mol. The van der Waals surface area contributed by atoms with Gasteiger partial charge in [0.25, 0.3) is 10.0 Å². The van der Waals surface area contributed by atoms with Crippen molar-refractivity contribution in [3.05, 3.63) is 54.6 Å². The number of ether oxygens (including phenoxy) is 1. The Morgan fingerprint density at radius 3 is 2.30 bits per heavy atom. The highest BCUT2D eigenvalue weighted by molar-refractivity contribution is 7.92. The fourth-order valence-electron chi connectivity index (χ4n) is 3.00. The average Bonchev–Trinajstić information content (AvgIpc) is 3.20. The maximum Gasteiger partial charge on any atom is 0.263 e. The molecular weight excluding hydrogens is 364 g/mol. The van der Waals surface area contributed by atoms with Crippen molar-refractivity contribution in [3.63, 3.8) is 0 Å². The van der Waals surface area contributed by atoms with Crippen LogP contribution in [0.15, 0.2) is 59.5 Å². The van der Waals surface area contributed by atoms with Gasteiger partial charge in [0.05, 0.1) is 22.0 Å². The van der Waals surface area contributed by atoms with Crippen molar-refractivity contribution in [1.82, 2.24) is 9.97 Å². The number of fused-ring (bicyclic) bond motifs is 1. The summed E-state index contributed by atoms with van der Waals surface area (Å²) in [4.78, 5) is 9.20. The molecule has 0 aliphatic carbocycles. The van der Waals surface area contributed by atoms with Gasteiger partial charge in [0.1, 0.15) is 0 Å². The van der Waals surface area contributed by atoms with Gasteiger partial charge in [0.15, 0.2) is 11.6 Å². The lowest BCUT2D eigenvalue weighted by molar-refractivity contribution is 0.120. The molecule has 140 valence electrons. The summed E-state index contributed by atoms with van der Waals surface area (Å²) in [5, 5.41) is 3.20. The summed E-state index contributed by atoms with van der Waals surface area (Å²) in [5.41, 5.74) is 1.31. The summed E-state index contributed by atoms with van der Waals surface area (Å²) >= 11 is 0. The molecule has 0 amide bonds. The van der Waals surface area contributed by atoms with Crippen LogP contribution in [-0.4, -0.2) is 37.6 Å². The minimum Gasteiger partial charge on any atom is -0.376 e. The Balaban J connectivity index is 1.67. The molecule has 1 atom stereocenters. The van der Waals surface area contributed by atoms with Crippen molar-refractivity contribution in [1.29, 1.82) is 0 Å². The molecular formula is C19H20N4O3S. The van der Waals surface area contributed by atoms with Gasteiger partial charge < -0.3 is 10.1 Å². The first-order chi connectivity index (χ1) is 13.1. The second kappa shape index (κ2) is 7.50. The summed E-state index contributed by atoms with van der Waals surface area (Å²) in [6, 6.07) is 15.5. The van der Waals surface area contributed by atoms with Crippen LogP contribution in [0.2, 0.25) is 0 Å². The van der Waals surface area contributed by atoms with E-state index in [1.54, 1.807) is 24.3 Å². The molecule has 2 aromatic carbocycles. The number of anilines is 2. The van der Waals surface area contributed by atoms with Gasteiger partial charge in [-0.05, 0) is 37.1 Å². The number of nitrogens with one attached hydrogen (secondary N) is 2. The van der Waals surface area contributed by atoms with E-state index in [0.29, 0.717) is 23.4 Å². The predicted molar refractivity (Wildman–Crippen MR) is 104 cm³/mol. The van der Waals surface area contributed by atoms with Crippen molar-refractivity contribution in [2.45, 2.75) is 23.8 Å². The zero-order valence-corrected chi connectivity index (χ0v) is 15.4. The molecule has 1 aromatic heterocycles.